The number of ether oxygens (including phenoxy) is 2. The summed E-state index contributed by atoms with van der Waals surface area (Å²) in [5, 5.41) is 6.33. The third kappa shape index (κ3) is 5.09. The van der Waals surface area contributed by atoms with Gasteiger partial charge >= 0.3 is 0 Å². The largest absolute Gasteiger partial charge is 0.369 e. The van der Waals surface area contributed by atoms with E-state index in [0.717, 1.165) is 25.9 Å². The van der Waals surface area contributed by atoms with E-state index in [4.69, 9.17) is 9.47 Å². The first kappa shape index (κ1) is 14.8. The molecule has 5 nitrogen and oxygen atoms in total. The Kier molecular flexibility index (Phi) is 5.19. The van der Waals surface area contributed by atoms with Gasteiger partial charge in [-0.25, -0.2) is 0 Å². The summed E-state index contributed by atoms with van der Waals surface area (Å²) in [5.74, 6) is -0.00470. The Morgan fingerprint density at radius 3 is 2.84 bits per heavy atom. The van der Waals surface area contributed by atoms with Gasteiger partial charge in [-0.2, -0.15) is 0 Å². The van der Waals surface area contributed by atoms with Crippen LogP contribution in [0.5, 0.6) is 0 Å². The number of carbonyl (C=O) groups is 1. The Balaban J connectivity index is 1.59. The van der Waals surface area contributed by atoms with Gasteiger partial charge in [0.1, 0.15) is 6.61 Å². The lowest BCUT2D eigenvalue weighted by molar-refractivity contribution is -0.136. The Labute approximate surface area is 115 Å². The molecule has 1 unspecified atom stereocenters. The topological polar surface area (TPSA) is 59.6 Å². The van der Waals surface area contributed by atoms with Crippen LogP contribution in [0.4, 0.5) is 0 Å². The van der Waals surface area contributed by atoms with Crippen molar-refractivity contribution in [3.63, 3.8) is 0 Å². The highest BCUT2D eigenvalue weighted by atomic mass is 16.5. The van der Waals surface area contributed by atoms with Crippen molar-refractivity contribution in [1.29, 1.82) is 0 Å². The van der Waals surface area contributed by atoms with E-state index in [0.29, 0.717) is 12.6 Å². The lowest BCUT2D eigenvalue weighted by Gasteiger charge is -2.36. The number of morpholine rings is 1. The number of rotatable bonds is 5. The van der Waals surface area contributed by atoms with E-state index in [1.165, 1.54) is 12.8 Å². The second kappa shape index (κ2) is 6.68. The summed E-state index contributed by atoms with van der Waals surface area (Å²) in [7, 11) is 0. The summed E-state index contributed by atoms with van der Waals surface area (Å²) in [4.78, 5) is 11.7. The average Bonchev–Trinajstić information content (AvgIpc) is 2.80. The predicted octanol–water partition coefficient (Wildman–Crippen LogP) is 0.829. The van der Waals surface area contributed by atoms with Crippen LogP contribution in [-0.2, 0) is 14.3 Å². The fourth-order valence-electron chi connectivity index (χ4n) is 2.78. The summed E-state index contributed by atoms with van der Waals surface area (Å²) in [6.45, 7) is 6.35. The molecule has 110 valence electrons. The van der Waals surface area contributed by atoms with Crippen LogP contribution in [0, 0.1) is 0 Å². The van der Waals surface area contributed by atoms with E-state index in [-0.39, 0.29) is 24.2 Å². The molecule has 1 amide bonds. The molecule has 0 aromatic heterocycles. The molecule has 0 spiro atoms. The number of amides is 1. The second-order valence-corrected chi connectivity index (χ2v) is 6.19. The van der Waals surface area contributed by atoms with Crippen LogP contribution in [0.15, 0.2) is 0 Å². The van der Waals surface area contributed by atoms with Crippen LogP contribution in [0.1, 0.15) is 39.5 Å². The normalized spacial score (nSPS) is 27.4. The molecule has 2 fully saturated rings. The van der Waals surface area contributed by atoms with Gasteiger partial charge in [0.25, 0.3) is 0 Å². The highest BCUT2D eigenvalue weighted by Crippen LogP contribution is 2.17. The van der Waals surface area contributed by atoms with Crippen LogP contribution in [-0.4, -0.2) is 50.0 Å². The molecule has 0 aromatic rings. The summed E-state index contributed by atoms with van der Waals surface area (Å²) in [6.07, 6.45) is 4.69. The molecule has 1 aliphatic heterocycles. The van der Waals surface area contributed by atoms with Gasteiger partial charge in [-0.3, -0.25) is 4.79 Å². The monoisotopic (exact) mass is 270 g/mol. The molecular weight excluding hydrogens is 244 g/mol. The van der Waals surface area contributed by atoms with Crippen molar-refractivity contribution in [2.45, 2.75) is 57.3 Å². The summed E-state index contributed by atoms with van der Waals surface area (Å²) >= 11 is 0. The Hall–Kier alpha value is -0.650. The Morgan fingerprint density at radius 2 is 2.16 bits per heavy atom. The van der Waals surface area contributed by atoms with Gasteiger partial charge in [0.15, 0.2) is 0 Å². The number of hydrogen-bond acceptors (Lipinski definition) is 4. The zero-order valence-electron chi connectivity index (χ0n) is 12.0. The third-order valence-electron chi connectivity index (χ3n) is 3.67. The molecule has 0 aromatic carbocycles. The maximum Gasteiger partial charge on any atom is 0.246 e. The van der Waals surface area contributed by atoms with Crippen molar-refractivity contribution in [3.05, 3.63) is 0 Å². The zero-order chi connectivity index (χ0) is 13.7. The van der Waals surface area contributed by atoms with Crippen molar-refractivity contribution in [2.24, 2.45) is 0 Å². The van der Waals surface area contributed by atoms with E-state index < -0.39 is 0 Å². The third-order valence-corrected chi connectivity index (χ3v) is 3.67. The SMILES string of the molecule is CC1(C)CNCC(COCC(=O)NC2CCCC2)O1. The molecule has 0 bridgehead atoms. The first-order chi connectivity index (χ1) is 9.05. The van der Waals surface area contributed by atoms with E-state index >= 15 is 0 Å². The predicted molar refractivity (Wildman–Crippen MR) is 73.0 cm³/mol. The minimum absolute atomic E-state index is 0.00470. The van der Waals surface area contributed by atoms with Gasteiger partial charge in [-0.05, 0) is 26.7 Å². The molecule has 2 aliphatic rings. The van der Waals surface area contributed by atoms with Crippen LogP contribution in [0.2, 0.25) is 0 Å². The minimum Gasteiger partial charge on any atom is -0.369 e. The summed E-state index contributed by atoms with van der Waals surface area (Å²) < 4.78 is 11.3. The number of hydrogen-bond donors (Lipinski definition) is 2. The highest BCUT2D eigenvalue weighted by Gasteiger charge is 2.28. The standard InChI is InChI=1S/C14H26N2O3/c1-14(2)10-15-7-12(19-14)8-18-9-13(17)16-11-5-3-4-6-11/h11-12,15H,3-10H2,1-2H3,(H,16,17). The van der Waals surface area contributed by atoms with Crippen molar-refractivity contribution in [3.8, 4) is 0 Å². The van der Waals surface area contributed by atoms with Gasteiger partial charge in [0.05, 0.1) is 18.3 Å². The van der Waals surface area contributed by atoms with E-state index in [1.54, 1.807) is 0 Å². The molecule has 2 N–H and O–H groups in total. The molecule has 2 rings (SSSR count). The second-order valence-electron chi connectivity index (χ2n) is 6.19. The van der Waals surface area contributed by atoms with Crippen molar-refractivity contribution >= 4 is 5.91 Å². The summed E-state index contributed by atoms with van der Waals surface area (Å²) in [6, 6.07) is 0.364. The molecule has 5 heteroatoms. The zero-order valence-corrected chi connectivity index (χ0v) is 12.0. The van der Waals surface area contributed by atoms with Crippen molar-refractivity contribution < 1.29 is 14.3 Å². The first-order valence-electron chi connectivity index (χ1n) is 7.31. The lowest BCUT2D eigenvalue weighted by atomic mass is 10.1. The van der Waals surface area contributed by atoms with E-state index in [1.807, 2.05) is 0 Å². The van der Waals surface area contributed by atoms with Gasteiger partial charge in [0, 0.05) is 19.1 Å². The fourth-order valence-corrected chi connectivity index (χ4v) is 2.78. The van der Waals surface area contributed by atoms with E-state index in [9.17, 15) is 4.79 Å². The molecule has 1 heterocycles. The van der Waals surface area contributed by atoms with Gasteiger partial charge in [-0.15, -0.1) is 0 Å². The number of nitrogens with one attached hydrogen (secondary N) is 2. The van der Waals surface area contributed by atoms with Crippen molar-refractivity contribution in [2.75, 3.05) is 26.3 Å². The molecule has 1 saturated heterocycles. The van der Waals surface area contributed by atoms with Crippen LogP contribution in [0.25, 0.3) is 0 Å². The maximum atomic E-state index is 11.7. The maximum absolute atomic E-state index is 11.7. The number of carbonyl (C=O) groups excluding carboxylic acids is 1. The highest BCUT2D eigenvalue weighted by molar-refractivity contribution is 5.77. The van der Waals surface area contributed by atoms with E-state index in [2.05, 4.69) is 24.5 Å². The van der Waals surface area contributed by atoms with Crippen LogP contribution in [0.3, 0.4) is 0 Å². The van der Waals surface area contributed by atoms with Gasteiger partial charge in [-0.1, -0.05) is 12.8 Å². The quantitative estimate of drug-likeness (QED) is 0.777. The first-order valence-corrected chi connectivity index (χ1v) is 7.31. The van der Waals surface area contributed by atoms with Crippen LogP contribution >= 0.6 is 0 Å². The average molecular weight is 270 g/mol. The van der Waals surface area contributed by atoms with Crippen LogP contribution < -0.4 is 10.6 Å². The summed E-state index contributed by atoms with van der Waals surface area (Å²) in [5.41, 5.74) is -0.154. The van der Waals surface area contributed by atoms with Gasteiger partial charge in [0.2, 0.25) is 5.91 Å². The van der Waals surface area contributed by atoms with Gasteiger partial charge < -0.3 is 20.1 Å². The molecule has 1 aliphatic carbocycles. The smallest absolute Gasteiger partial charge is 0.246 e. The fraction of sp³-hybridized carbons (Fsp3) is 0.929. The Bertz CT molecular complexity index is 301. The molecule has 0 radical (unpaired) electrons. The van der Waals surface area contributed by atoms with Crippen molar-refractivity contribution in [1.82, 2.24) is 10.6 Å². The molecule has 19 heavy (non-hydrogen) atoms. The Morgan fingerprint density at radius 1 is 1.42 bits per heavy atom. The molecule has 1 atom stereocenters. The minimum atomic E-state index is -0.154. The molecular formula is C14H26N2O3. The molecule has 1 saturated carbocycles. The lowest BCUT2D eigenvalue weighted by Crippen LogP contribution is -2.52.